The molecule has 0 bridgehead atoms. The standard InChI is InChI=1S/C12H8N2O5/c15-12(19-7-11-2-1-3-18-11)8-4-9(13-16)6-10(5-8)14-17/h1-6H,7H2. The van der Waals surface area contributed by atoms with Crippen LogP contribution in [0.1, 0.15) is 16.1 Å². The molecule has 0 unspecified atom stereocenters. The van der Waals surface area contributed by atoms with Gasteiger partial charge in [0.05, 0.1) is 11.8 Å². The molecule has 2 rings (SSSR count). The summed E-state index contributed by atoms with van der Waals surface area (Å²) in [6.07, 6.45) is 1.45. The molecule has 0 fully saturated rings. The van der Waals surface area contributed by atoms with E-state index in [1.165, 1.54) is 24.5 Å². The molecule has 0 N–H and O–H groups in total. The third-order valence-electron chi connectivity index (χ3n) is 2.27. The van der Waals surface area contributed by atoms with Crippen molar-refractivity contribution in [1.29, 1.82) is 0 Å². The maximum atomic E-state index is 11.7. The van der Waals surface area contributed by atoms with E-state index in [0.29, 0.717) is 5.76 Å². The Hall–Kier alpha value is -2.83. The van der Waals surface area contributed by atoms with Gasteiger partial charge >= 0.3 is 5.97 Å². The molecule has 1 heterocycles. The van der Waals surface area contributed by atoms with Gasteiger partial charge in [0.1, 0.15) is 23.7 Å². The molecule has 96 valence electrons. The molecule has 19 heavy (non-hydrogen) atoms. The van der Waals surface area contributed by atoms with Crippen LogP contribution in [0.2, 0.25) is 0 Å². The topological polar surface area (TPSA) is 98.3 Å². The second-order valence-corrected chi connectivity index (χ2v) is 3.58. The summed E-state index contributed by atoms with van der Waals surface area (Å²) in [5.74, 6) is -0.224. The number of hydrogen-bond acceptors (Lipinski definition) is 7. The lowest BCUT2D eigenvalue weighted by Gasteiger charge is -2.03. The second kappa shape index (κ2) is 5.67. The zero-order chi connectivity index (χ0) is 13.7. The van der Waals surface area contributed by atoms with E-state index in [-0.39, 0.29) is 23.5 Å². The van der Waals surface area contributed by atoms with Crippen LogP contribution in [0, 0.1) is 9.81 Å². The fourth-order valence-electron chi connectivity index (χ4n) is 1.43. The molecule has 0 amide bonds. The lowest BCUT2D eigenvalue weighted by atomic mass is 10.2. The van der Waals surface area contributed by atoms with Crippen LogP contribution in [0.25, 0.3) is 0 Å². The number of rotatable bonds is 5. The molecule has 7 heteroatoms. The summed E-state index contributed by atoms with van der Waals surface area (Å²) in [5, 5.41) is 5.31. The van der Waals surface area contributed by atoms with Gasteiger partial charge < -0.3 is 9.15 Å². The molecule has 1 aromatic heterocycles. The predicted molar refractivity (Wildman–Crippen MR) is 65.2 cm³/mol. The van der Waals surface area contributed by atoms with Crippen molar-refractivity contribution in [2.45, 2.75) is 6.61 Å². The normalized spacial score (nSPS) is 9.89. The van der Waals surface area contributed by atoms with Crippen molar-refractivity contribution in [3.8, 4) is 0 Å². The Bertz CT molecular complexity index is 580. The highest BCUT2D eigenvalue weighted by molar-refractivity contribution is 5.91. The number of furan rings is 1. The summed E-state index contributed by atoms with van der Waals surface area (Å²) in [7, 11) is 0. The van der Waals surface area contributed by atoms with E-state index in [0.717, 1.165) is 0 Å². The summed E-state index contributed by atoms with van der Waals surface area (Å²) in [5.41, 5.74) is -0.109. The van der Waals surface area contributed by atoms with Crippen LogP contribution in [-0.4, -0.2) is 5.97 Å². The molecule has 0 aliphatic carbocycles. The highest BCUT2D eigenvalue weighted by Crippen LogP contribution is 2.24. The Morgan fingerprint density at radius 2 is 1.84 bits per heavy atom. The monoisotopic (exact) mass is 260 g/mol. The molecule has 0 saturated heterocycles. The Morgan fingerprint density at radius 3 is 2.37 bits per heavy atom. The molecule has 0 saturated carbocycles. The quantitative estimate of drug-likeness (QED) is 0.605. The number of nitrogens with zero attached hydrogens (tertiary/aromatic N) is 2. The summed E-state index contributed by atoms with van der Waals surface area (Å²) >= 11 is 0. The summed E-state index contributed by atoms with van der Waals surface area (Å²) < 4.78 is 9.95. The van der Waals surface area contributed by atoms with Crippen molar-refractivity contribution < 1.29 is 13.9 Å². The molecule has 0 spiro atoms. The summed E-state index contributed by atoms with van der Waals surface area (Å²) in [6, 6.07) is 6.91. The molecule has 2 aromatic rings. The number of nitroso groups, excluding NO2 is 2. The smallest absolute Gasteiger partial charge is 0.338 e. The highest BCUT2D eigenvalue weighted by atomic mass is 16.5. The Labute approximate surface area is 107 Å². The van der Waals surface area contributed by atoms with Gasteiger partial charge in [-0.1, -0.05) is 0 Å². The van der Waals surface area contributed by atoms with E-state index < -0.39 is 5.97 Å². The fourth-order valence-corrected chi connectivity index (χ4v) is 1.43. The first-order valence-corrected chi connectivity index (χ1v) is 5.24. The van der Waals surface area contributed by atoms with Gasteiger partial charge in [0, 0.05) is 0 Å². The van der Waals surface area contributed by atoms with Gasteiger partial charge in [-0.2, -0.15) is 0 Å². The number of hydrogen-bond donors (Lipinski definition) is 0. The van der Waals surface area contributed by atoms with Crippen molar-refractivity contribution in [3.05, 3.63) is 57.7 Å². The van der Waals surface area contributed by atoms with Gasteiger partial charge in [-0.15, -0.1) is 9.81 Å². The van der Waals surface area contributed by atoms with Crippen molar-refractivity contribution in [2.75, 3.05) is 0 Å². The van der Waals surface area contributed by atoms with Gasteiger partial charge in [0.25, 0.3) is 0 Å². The molecule has 7 nitrogen and oxygen atoms in total. The van der Waals surface area contributed by atoms with Crippen molar-refractivity contribution in [2.24, 2.45) is 10.4 Å². The van der Waals surface area contributed by atoms with Gasteiger partial charge in [0.2, 0.25) is 0 Å². The molecule has 0 atom stereocenters. The number of benzene rings is 1. The maximum absolute atomic E-state index is 11.7. The fraction of sp³-hybridized carbons (Fsp3) is 0.0833. The molecule has 0 radical (unpaired) electrons. The minimum Gasteiger partial charge on any atom is -0.466 e. The number of carbonyl (C=O) groups is 1. The van der Waals surface area contributed by atoms with E-state index in [4.69, 9.17) is 9.15 Å². The summed E-state index contributed by atoms with van der Waals surface area (Å²) in [6.45, 7) is -0.0472. The van der Waals surface area contributed by atoms with Crippen LogP contribution in [0.4, 0.5) is 11.4 Å². The lowest BCUT2D eigenvalue weighted by Crippen LogP contribution is -2.04. The minimum absolute atomic E-state index is 0.0262. The van der Waals surface area contributed by atoms with Crippen LogP contribution < -0.4 is 0 Å². The van der Waals surface area contributed by atoms with E-state index in [2.05, 4.69) is 10.4 Å². The number of ether oxygens (including phenoxy) is 1. The third-order valence-corrected chi connectivity index (χ3v) is 2.27. The number of esters is 1. The van der Waals surface area contributed by atoms with Gasteiger partial charge in [-0.3, -0.25) is 0 Å². The molecule has 0 aliphatic heterocycles. The summed E-state index contributed by atoms with van der Waals surface area (Å²) in [4.78, 5) is 32.6. The van der Waals surface area contributed by atoms with E-state index >= 15 is 0 Å². The average Bonchev–Trinajstić information content (AvgIpc) is 2.97. The van der Waals surface area contributed by atoms with Gasteiger partial charge in [-0.25, -0.2) is 4.79 Å². The molecule has 1 aromatic carbocycles. The maximum Gasteiger partial charge on any atom is 0.338 e. The van der Waals surface area contributed by atoms with E-state index in [1.54, 1.807) is 12.1 Å². The zero-order valence-corrected chi connectivity index (χ0v) is 9.61. The highest BCUT2D eigenvalue weighted by Gasteiger charge is 2.12. The Balaban J connectivity index is 2.13. The SMILES string of the molecule is O=Nc1cc(N=O)cc(C(=O)OCc2ccco2)c1. The van der Waals surface area contributed by atoms with Crippen molar-refractivity contribution in [3.63, 3.8) is 0 Å². The predicted octanol–water partition coefficient (Wildman–Crippen LogP) is 3.43. The van der Waals surface area contributed by atoms with Crippen LogP contribution in [0.3, 0.4) is 0 Å². The Morgan fingerprint density at radius 1 is 1.16 bits per heavy atom. The largest absolute Gasteiger partial charge is 0.466 e. The van der Waals surface area contributed by atoms with E-state index in [9.17, 15) is 14.6 Å². The zero-order valence-electron chi connectivity index (χ0n) is 9.61. The van der Waals surface area contributed by atoms with Crippen molar-refractivity contribution >= 4 is 17.3 Å². The van der Waals surface area contributed by atoms with Crippen molar-refractivity contribution in [1.82, 2.24) is 0 Å². The van der Waals surface area contributed by atoms with Crippen LogP contribution >= 0.6 is 0 Å². The average molecular weight is 260 g/mol. The molecule has 0 aliphatic rings. The van der Waals surface area contributed by atoms with Crippen LogP contribution in [0.5, 0.6) is 0 Å². The number of carbonyl (C=O) groups excluding carboxylic acids is 1. The lowest BCUT2D eigenvalue weighted by molar-refractivity contribution is 0.0445. The van der Waals surface area contributed by atoms with E-state index in [1.807, 2.05) is 0 Å². The molecular formula is C12H8N2O5. The van der Waals surface area contributed by atoms with Gasteiger partial charge in [0.15, 0.2) is 0 Å². The second-order valence-electron chi connectivity index (χ2n) is 3.58. The van der Waals surface area contributed by atoms with Crippen LogP contribution in [0.15, 0.2) is 51.4 Å². The first kappa shape index (κ1) is 12.6. The Kier molecular flexibility index (Phi) is 3.77. The minimum atomic E-state index is -0.702. The van der Waals surface area contributed by atoms with Crippen LogP contribution in [-0.2, 0) is 11.3 Å². The third kappa shape index (κ3) is 3.09. The van der Waals surface area contributed by atoms with Gasteiger partial charge in [-0.05, 0) is 40.7 Å². The first-order valence-electron chi connectivity index (χ1n) is 5.24. The first-order chi connectivity index (χ1) is 9.22. The molecular weight excluding hydrogens is 252 g/mol.